The van der Waals surface area contributed by atoms with Crippen molar-refractivity contribution in [2.75, 3.05) is 19.8 Å². The number of rotatable bonds is 10. The molecule has 1 aliphatic rings. The zero-order valence-electron chi connectivity index (χ0n) is 17.2. The van der Waals surface area contributed by atoms with Crippen LogP contribution >= 0.6 is 22.6 Å². The fraction of sp³-hybridized carbons (Fsp3) is 0.450. The van der Waals surface area contributed by atoms with Crippen molar-refractivity contribution >= 4 is 40.5 Å². The van der Waals surface area contributed by atoms with Crippen LogP contribution < -0.4 is 25.8 Å². The second kappa shape index (κ2) is 11.0. The largest absolute Gasteiger partial charge is 0.490 e. The van der Waals surface area contributed by atoms with Crippen LogP contribution in [-0.4, -0.2) is 37.7 Å². The van der Waals surface area contributed by atoms with Gasteiger partial charge in [0.2, 0.25) is 0 Å². The number of urea groups is 1. The van der Waals surface area contributed by atoms with Gasteiger partial charge in [-0.1, -0.05) is 13.3 Å². The van der Waals surface area contributed by atoms with Crippen LogP contribution in [0, 0.1) is 3.57 Å². The first-order valence-corrected chi connectivity index (χ1v) is 10.7. The van der Waals surface area contributed by atoms with Gasteiger partial charge in [-0.2, -0.15) is 0 Å². The Morgan fingerprint density at radius 3 is 2.50 bits per heavy atom. The highest BCUT2D eigenvalue weighted by Gasteiger charge is 2.34. The molecular formula is C20H26IN3O6. The van der Waals surface area contributed by atoms with Crippen LogP contribution in [0.2, 0.25) is 0 Å². The van der Waals surface area contributed by atoms with E-state index in [1.54, 1.807) is 19.1 Å². The van der Waals surface area contributed by atoms with Crippen LogP contribution in [0.4, 0.5) is 4.79 Å². The molecule has 164 valence electrons. The molecule has 0 radical (unpaired) electrons. The van der Waals surface area contributed by atoms with Crippen LogP contribution in [0.3, 0.4) is 0 Å². The second-order valence-corrected chi connectivity index (χ2v) is 7.57. The summed E-state index contributed by atoms with van der Waals surface area (Å²) in [5.41, 5.74) is 6.69. The number of ether oxygens (including phenoxy) is 3. The third kappa shape index (κ3) is 5.77. The number of halogens is 1. The van der Waals surface area contributed by atoms with Crippen LogP contribution in [-0.2, 0) is 14.3 Å². The molecule has 0 aromatic heterocycles. The van der Waals surface area contributed by atoms with Gasteiger partial charge in [-0.3, -0.25) is 4.79 Å². The zero-order valence-corrected chi connectivity index (χ0v) is 19.3. The van der Waals surface area contributed by atoms with E-state index in [2.05, 4.69) is 10.6 Å². The molecule has 0 aliphatic carbocycles. The molecule has 9 nitrogen and oxygen atoms in total. The summed E-state index contributed by atoms with van der Waals surface area (Å²) in [5, 5.41) is 5.52. The van der Waals surface area contributed by atoms with E-state index in [9.17, 15) is 14.4 Å². The molecule has 1 aromatic rings. The third-order valence-corrected chi connectivity index (χ3v) is 4.97. The second-order valence-electron chi connectivity index (χ2n) is 6.41. The molecule has 30 heavy (non-hydrogen) atoms. The number of nitrogens with one attached hydrogen (secondary N) is 2. The van der Waals surface area contributed by atoms with Crippen molar-refractivity contribution in [2.24, 2.45) is 5.73 Å². The Bertz CT molecular complexity index is 855. The van der Waals surface area contributed by atoms with Gasteiger partial charge in [0.15, 0.2) is 18.1 Å². The lowest BCUT2D eigenvalue weighted by Gasteiger charge is -2.30. The van der Waals surface area contributed by atoms with Crippen molar-refractivity contribution in [3.05, 3.63) is 32.5 Å². The van der Waals surface area contributed by atoms with E-state index in [1.165, 1.54) is 0 Å². The number of benzene rings is 1. The van der Waals surface area contributed by atoms with Crippen molar-refractivity contribution in [3.63, 3.8) is 0 Å². The monoisotopic (exact) mass is 531 g/mol. The lowest BCUT2D eigenvalue weighted by molar-refractivity contribution is -0.139. The van der Waals surface area contributed by atoms with E-state index in [4.69, 9.17) is 19.9 Å². The molecular weight excluding hydrogens is 505 g/mol. The van der Waals surface area contributed by atoms with Gasteiger partial charge in [-0.15, -0.1) is 0 Å². The molecule has 1 atom stereocenters. The zero-order chi connectivity index (χ0) is 22.3. The molecule has 2 rings (SSSR count). The first-order valence-electron chi connectivity index (χ1n) is 9.67. The Hall–Kier alpha value is -2.50. The molecule has 0 unspecified atom stereocenters. The molecule has 1 heterocycles. The summed E-state index contributed by atoms with van der Waals surface area (Å²) in [6.07, 6.45) is 1.26. The maximum Gasteiger partial charge on any atom is 0.338 e. The molecule has 0 saturated carbocycles. The Morgan fingerprint density at radius 1 is 1.17 bits per heavy atom. The van der Waals surface area contributed by atoms with Gasteiger partial charge in [-0.05, 0) is 60.6 Å². The minimum absolute atomic E-state index is 0.212. The SMILES string of the molecule is CCCC1=C(C(=O)OCC)[C@@H](c2cc(I)c(OCC(N)=O)c(OCC)c2)NC(=O)N1. The van der Waals surface area contributed by atoms with Crippen molar-refractivity contribution in [2.45, 2.75) is 39.7 Å². The molecule has 1 aliphatic heterocycles. The summed E-state index contributed by atoms with van der Waals surface area (Å²) in [4.78, 5) is 36.1. The number of primary amides is 1. The number of nitrogens with two attached hydrogens (primary N) is 1. The normalized spacial score (nSPS) is 15.9. The summed E-state index contributed by atoms with van der Waals surface area (Å²) >= 11 is 2.04. The fourth-order valence-corrected chi connectivity index (χ4v) is 3.85. The van der Waals surface area contributed by atoms with E-state index < -0.39 is 23.9 Å². The minimum atomic E-state index is -0.725. The summed E-state index contributed by atoms with van der Waals surface area (Å²) < 4.78 is 17.1. The predicted octanol–water partition coefficient (Wildman–Crippen LogP) is 2.53. The van der Waals surface area contributed by atoms with E-state index in [0.29, 0.717) is 44.9 Å². The fourth-order valence-electron chi connectivity index (χ4n) is 3.07. The van der Waals surface area contributed by atoms with Crippen molar-refractivity contribution < 1.29 is 28.6 Å². The van der Waals surface area contributed by atoms with E-state index in [-0.39, 0.29) is 13.2 Å². The summed E-state index contributed by atoms with van der Waals surface area (Å²) in [6.45, 7) is 5.76. The Morgan fingerprint density at radius 2 is 1.90 bits per heavy atom. The van der Waals surface area contributed by atoms with Crippen LogP contribution in [0.5, 0.6) is 11.5 Å². The molecule has 0 bridgehead atoms. The van der Waals surface area contributed by atoms with E-state index in [0.717, 1.165) is 6.42 Å². The summed E-state index contributed by atoms with van der Waals surface area (Å²) in [7, 11) is 0. The van der Waals surface area contributed by atoms with Gasteiger partial charge in [-0.25, -0.2) is 9.59 Å². The maximum atomic E-state index is 12.7. The standard InChI is InChI=1S/C20H26IN3O6/c1-4-7-13-16(19(26)29-6-3)17(24-20(27)23-13)11-8-12(21)18(30-10-15(22)25)14(9-11)28-5-2/h8-9,17H,4-7,10H2,1-3H3,(H2,22,25)(H2,23,24,27)/t17-/m1/s1. The number of hydrogen-bond acceptors (Lipinski definition) is 6. The van der Waals surface area contributed by atoms with Crippen molar-refractivity contribution in [3.8, 4) is 11.5 Å². The molecule has 10 heteroatoms. The maximum absolute atomic E-state index is 12.7. The number of carbonyl (C=O) groups excluding carboxylic acids is 3. The average Bonchev–Trinajstić information content (AvgIpc) is 2.67. The summed E-state index contributed by atoms with van der Waals surface area (Å²) in [5.74, 6) is -0.357. The Kier molecular flexibility index (Phi) is 8.75. The minimum Gasteiger partial charge on any atom is -0.490 e. The van der Waals surface area contributed by atoms with Gasteiger partial charge in [0.05, 0.1) is 28.4 Å². The molecule has 1 aromatic carbocycles. The van der Waals surface area contributed by atoms with Gasteiger partial charge in [0, 0.05) is 5.70 Å². The van der Waals surface area contributed by atoms with Crippen LogP contribution in [0.1, 0.15) is 45.2 Å². The molecule has 0 fully saturated rings. The van der Waals surface area contributed by atoms with Crippen LogP contribution in [0.25, 0.3) is 0 Å². The van der Waals surface area contributed by atoms with E-state index in [1.807, 2.05) is 36.4 Å². The quantitative estimate of drug-likeness (QED) is 0.315. The van der Waals surface area contributed by atoms with Gasteiger partial charge < -0.3 is 30.6 Å². The summed E-state index contributed by atoms with van der Waals surface area (Å²) in [6, 6.07) is 2.32. The number of carbonyl (C=O) groups is 3. The smallest absolute Gasteiger partial charge is 0.338 e. The molecule has 0 saturated heterocycles. The van der Waals surface area contributed by atoms with Gasteiger partial charge in [0.25, 0.3) is 5.91 Å². The third-order valence-electron chi connectivity index (χ3n) is 4.17. The lowest BCUT2D eigenvalue weighted by atomic mass is 9.93. The highest BCUT2D eigenvalue weighted by atomic mass is 127. The highest BCUT2D eigenvalue weighted by Crippen LogP contribution is 2.39. The Balaban J connectivity index is 2.57. The van der Waals surface area contributed by atoms with Crippen molar-refractivity contribution in [1.82, 2.24) is 10.6 Å². The van der Waals surface area contributed by atoms with Gasteiger partial charge >= 0.3 is 12.0 Å². The topological polar surface area (TPSA) is 129 Å². The van der Waals surface area contributed by atoms with E-state index >= 15 is 0 Å². The van der Waals surface area contributed by atoms with Gasteiger partial charge in [0.1, 0.15) is 0 Å². The highest BCUT2D eigenvalue weighted by molar-refractivity contribution is 14.1. The predicted molar refractivity (Wildman–Crippen MR) is 118 cm³/mol. The number of amides is 3. The van der Waals surface area contributed by atoms with Crippen LogP contribution in [0.15, 0.2) is 23.4 Å². The first-order chi connectivity index (χ1) is 14.3. The van der Waals surface area contributed by atoms with Crippen molar-refractivity contribution in [1.29, 1.82) is 0 Å². The number of allylic oxidation sites excluding steroid dienone is 1. The molecule has 0 spiro atoms. The molecule has 4 N–H and O–H groups in total. The first kappa shape index (κ1) is 23.8. The number of esters is 1. The lowest BCUT2D eigenvalue weighted by Crippen LogP contribution is -2.46. The number of hydrogen-bond donors (Lipinski definition) is 3. The molecule has 3 amide bonds. The Labute approximate surface area is 188 Å². The average molecular weight is 531 g/mol.